The SMILES string of the molecule is CCCC[C@H](CC(=O)NO)C(=O)N[C@@H](Cc1ccc(-c2ccccc2)s1)C(=O)NC1Cc2ccccc2C1. The minimum absolute atomic E-state index is 0.0291. The lowest BCUT2D eigenvalue weighted by atomic mass is 9.96. The Morgan fingerprint density at radius 1 is 0.947 bits per heavy atom. The van der Waals surface area contributed by atoms with Gasteiger partial charge in [-0.1, -0.05) is 74.4 Å². The molecule has 3 aromatic rings. The Labute approximate surface area is 227 Å². The van der Waals surface area contributed by atoms with Crippen LogP contribution in [0.5, 0.6) is 0 Å². The molecule has 4 N–H and O–H groups in total. The average Bonchev–Trinajstić information content (AvgIpc) is 3.57. The lowest BCUT2D eigenvalue weighted by Crippen LogP contribution is -2.52. The van der Waals surface area contributed by atoms with Crippen LogP contribution in [-0.2, 0) is 33.6 Å². The summed E-state index contributed by atoms with van der Waals surface area (Å²) in [6.45, 7) is 2.01. The zero-order valence-corrected chi connectivity index (χ0v) is 22.4. The predicted molar refractivity (Wildman–Crippen MR) is 149 cm³/mol. The van der Waals surface area contributed by atoms with Crippen LogP contribution in [0.25, 0.3) is 10.4 Å². The molecule has 4 rings (SSSR count). The van der Waals surface area contributed by atoms with Crippen LogP contribution in [0.15, 0.2) is 66.7 Å². The van der Waals surface area contributed by atoms with Gasteiger partial charge in [0.15, 0.2) is 0 Å². The molecule has 38 heavy (non-hydrogen) atoms. The highest BCUT2D eigenvalue weighted by Crippen LogP contribution is 2.29. The number of nitrogens with one attached hydrogen (secondary N) is 3. The Hall–Kier alpha value is -3.49. The van der Waals surface area contributed by atoms with Gasteiger partial charge in [-0.3, -0.25) is 19.6 Å². The molecule has 1 aromatic heterocycles. The summed E-state index contributed by atoms with van der Waals surface area (Å²) in [5.74, 6) is -1.82. The number of thiophene rings is 1. The summed E-state index contributed by atoms with van der Waals surface area (Å²) < 4.78 is 0. The zero-order valence-electron chi connectivity index (χ0n) is 21.6. The Morgan fingerprint density at radius 3 is 2.29 bits per heavy atom. The van der Waals surface area contributed by atoms with Crippen molar-refractivity contribution in [2.24, 2.45) is 5.92 Å². The van der Waals surface area contributed by atoms with Crippen LogP contribution in [0, 0.1) is 5.92 Å². The summed E-state index contributed by atoms with van der Waals surface area (Å²) in [4.78, 5) is 40.8. The molecule has 0 unspecified atom stereocenters. The molecule has 3 amide bonds. The van der Waals surface area contributed by atoms with Crippen molar-refractivity contribution in [3.05, 3.63) is 82.7 Å². The van der Waals surface area contributed by atoms with Gasteiger partial charge in [0.2, 0.25) is 17.7 Å². The molecule has 0 spiro atoms. The monoisotopic (exact) mass is 533 g/mol. The number of carbonyl (C=O) groups excluding carboxylic acids is 3. The van der Waals surface area contributed by atoms with Crippen molar-refractivity contribution < 1.29 is 19.6 Å². The third-order valence-corrected chi connectivity index (χ3v) is 8.15. The summed E-state index contributed by atoms with van der Waals surface area (Å²) in [6, 6.07) is 21.5. The minimum atomic E-state index is -0.783. The third kappa shape index (κ3) is 7.30. The third-order valence-electron chi connectivity index (χ3n) is 6.99. The van der Waals surface area contributed by atoms with Crippen molar-refractivity contribution in [3.63, 3.8) is 0 Å². The standard InChI is InChI=1S/C30H35N3O4S/c1-2-3-9-23(18-28(34)33-37)29(35)32-26(19-25-14-15-27(38-25)20-10-5-4-6-11-20)30(36)31-24-16-21-12-7-8-13-22(21)17-24/h4-8,10-15,23-24,26,37H,2-3,9,16-19H2,1H3,(H,31,36)(H,32,35)(H,33,34)/t23-,26+/m1/s1. The molecule has 0 radical (unpaired) electrons. The predicted octanol–water partition coefficient (Wildman–Crippen LogP) is 4.43. The van der Waals surface area contributed by atoms with Crippen LogP contribution < -0.4 is 16.1 Å². The van der Waals surface area contributed by atoms with Gasteiger partial charge in [-0.25, -0.2) is 5.48 Å². The van der Waals surface area contributed by atoms with E-state index in [2.05, 4.69) is 22.8 Å². The van der Waals surface area contributed by atoms with Crippen molar-refractivity contribution >= 4 is 29.1 Å². The van der Waals surface area contributed by atoms with E-state index in [1.165, 1.54) is 11.1 Å². The number of hydroxylamine groups is 1. The normalized spacial score (nSPS) is 14.4. The maximum Gasteiger partial charge on any atom is 0.244 e. The Balaban J connectivity index is 1.50. The fourth-order valence-corrected chi connectivity index (χ4v) is 6.01. The van der Waals surface area contributed by atoms with E-state index in [9.17, 15) is 14.4 Å². The quantitative estimate of drug-likeness (QED) is 0.204. The summed E-state index contributed by atoms with van der Waals surface area (Å²) in [5, 5.41) is 15.1. The van der Waals surface area contributed by atoms with Gasteiger partial charge >= 0.3 is 0 Å². The van der Waals surface area contributed by atoms with Crippen LogP contribution >= 0.6 is 11.3 Å². The molecule has 0 fully saturated rings. The second kappa shape index (κ2) is 13.3. The second-order valence-electron chi connectivity index (χ2n) is 9.86. The first-order valence-electron chi connectivity index (χ1n) is 13.2. The van der Waals surface area contributed by atoms with E-state index in [0.717, 1.165) is 41.0 Å². The minimum Gasteiger partial charge on any atom is -0.351 e. The molecular formula is C30H35N3O4S. The second-order valence-corrected chi connectivity index (χ2v) is 11.0. The van der Waals surface area contributed by atoms with E-state index in [-0.39, 0.29) is 24.3 Å². The van der Waals surface area contributed by atoms with Gasteiger partial charge < -0.3 is 10.6 Å². The fraction of sp³-hybridized carbons (Fsp3) is 0.367. The average molecular weight is 534 g/mol. The topological polar surface area (TPSA) is 108 Å². The van der Waals surface area contributed by atoms with Crippen molar-refractivity contribution in [3.8, 4) is 10.4 Å². The maximum absolute atomic E-state index is 13.5. The van der Waals surface area contributed by atoms with E-state index in [1.54, 1.807) is 16.8 Å². The molecule has 200 valence electrons. The van der Waals surface area contributed by atoms with Crippen LogP contribution in [0.3, 0.4) is 0 Å². The van der Waals surface area contributed by atoms with E-state index in [4.69, 9.17) is 5.21 Å². The molecule has 2 aromatic carbocycles. The number of fused-ring (bicyclic) bond motifs is 1. The first kappa shape index (κ1) is 27.5. The molecule has 7 nitrogen and oxygen atoms in total. The van der Waals surface area contributed by atoms with Crippen LogP contribution in [0.2, 0.25) is 0 Å². The smallest absolute Gasteiger partial charge is 0.244 e. The highest BCUT2D eigenvalue weighted by molar-refractivity contribution is 7.15. The number of hydrogen-bond donors (Lipinski definition) is 4. The lowest BCUT2D eigenvalue weighted by Gasteiger charge is -2.23. The van der Waals surface area contributed by atoms with E-state index < -0.39 is 17.9 Å². The first-order valence-corrected chi connectivity index (χ1v) is 14.0. The van der Waals surface area contributed by atoms with Gasteiger partial charge in [0.25, 0.3) is 0 Å². The number of carbonyl (C=O) groups is 3. The Morgan fingerprint density at radius 2 is 1.63 bits per heavy atom. The fourth-order valence-electron chi connectivity index (χ4n) is 4.95. The molecule has 0 aliphatic heterocycles. The zero-order chi connectivity index (χ0) is 26.9. The summed E-state index contributed by atoms with van der Waals surface area (Å²) in [6.07, 6.45) is 3.87. The van der Waals surface area contributed by atoms with E-state index in [1.807, 2.05) is 61.5 Å². The van der Waals surface area contributed by atoms with Gasteiger partial charge in [0, 0.05) is 34.6 Å². The highest BCUT2D eigenvalue weighted by atomic mass is 32.1. The van der Waals surface area contributed by atoms with Crippen molar-refractivity contribution in [1.82, 2.24) is 16.1 Å². The highest BCUT2D eigenvalue weighted by Gasteiger charge is 2.30. The molecule has 0 saturated heterocycles. The van der Waals surface area contributed by atoms with Crippen molar-refractivity contribution in [1.29, 1.82) is 0 Å². The van der Waals surface area contributed by atoms with Crippen molar-refractivity contribution in [2.75, 3.05) is 0 Å². The van der Waals surface area contributed by atoms with Gasteiger partial charge in [0.1, 0.15) is 6.04 Å². The Kier molecular flexibility index (Phi) is 9.67. The molecule has 2 atom stereocenters. The summed E-state index contributed by atoms with van der Waals surface area (Å²) in [7, 11) is 0. The Bertz CT molecular complexity index is 1220. The van der Waals surface area contributed by atoms with Crippen molar-refractivity contribution in [2.45, 2.75) is 64.0 Å². The summed E-state index contributed by atoms with van der Waals surface area (Å²) >= 11 is 1.60. The summed E-state index contributed by atoms with van der Waals surface area (Å²) in [5.41, 5.74) is 5.20. The number of rotatable bonds is 12. The van der Waals surface area contributed by atoms with Crippen LogP contribution in [0.1, 0.15) is 48.6 Å². The maximum atomic E-state index is 13.5. The number of unbranched alkanes of at least 4 members (excludes halogenated alkanes) is 1. The first-order chi connectivity index (χ1) is 18.5. The van der Waals surface area contributed by atoms with Gasteiger partial charge in [-0.15, -0.1) is 11.3 Å². The molecule has 0 bridgehead atoms. The molecule has 1 aliphatic carbocycles. The van der Waals surface area contributed by atoms with Gasteiger partial charge in [0.05, 0.1) is 0 Å². The van der Waals surface area contributed by atoms with Gasteiger partial charge in [-0.2, -0.15) is 0 Å². The number of amides is 3. The van der Waals surface area contributed by atoms with Crippen LogP contribution in [-0.4, -0.2) is 35.0 Å². The number of hydrogen-bond acceptors (Lipinski definition) is 5. The van der Waals surface area contributed by atoms with E-state index in [0.29, 0.717) is 12.8 Å². The largest absolute Gasteiger partial charge is 0.351 e. The molecule has 0 saturated carbocycles. The molecule has 1 aliphatic rings. The molecular weight excluding hydrogens is 498 g/mol. The number of benzene rings is 2. The van der Waals surface area contributed by atoms with Crippen LogP contribution in [0.4, 0.5) is 0 Å². The molecule has 1 heterocycles. The van der Waals surface area contributed by atoms with Gasteiger partial charge in [-0.05, 0) is 48.1 Å². The lowest BCUT2D eigenvalue weighted by molar-refractivity contribution is -0.136. The van der Waals surface area contributed by atoms with E-state index >= 15 is 0 Å². The molecule has 8 heteroatoms.